The largest absolute Gasteiger partial charge is 1.00 e. The van der Waals surface area contributed by atoms with Crippen molar-refractivity contribution in [3.05, 3.63) is 0 Å². The number of aliphatic carboxylic acids is 1. The second kappa shape index (κ2) is 4.69. The van der Waals surface area contributed by atoms with E-state index in [-0.39, 0.29) is 20.3 Å². The molecule has 5 nitrogen and oxygen atoms in total. The van der Waals surface area contributed by atoms with Crippen molar-refractivity contribution in [1.29, 1.82) is 0 Å². The van der Waals surface area contributed by atoms with Crippen molar-refractivity contribution in [1.82, 2.24) is 0 Å². The van der Waals surface area contributed by atoms with Gasteiger partial charge in [0.05, 0.1) is 0 Å². The molecule has 0 aliphatic rings. The Hall–Kier alpha value is -0.128. The van der Waals surface area contributed by atoms with E-state index in [1.165, 1.54) is 0 Å². The van der Waals surface area contributed by atoms with Crippen LogP contribution in [0.25, 0.3) is 0 Å². The Balaban J connectivity index is -0.000000405. The zero-order chi connectivity index (χ0) is 8.36. The van der Waals surface area contributed by atoms with Gasteiger partial charge in [0.2, 0.25) is 0 Å². The molecular weight excluding hydrogens is 160 g/mol. The molecule has 0 aromatic carbocycles. The predicted molar refractivity (Wildman–Crippen MR) is 25.0 cm³/mol. The van der Waals surface area contributed by atoms with Gasteiger partial charge in [-0.2, -0.15) is 8.78 Å². The Morgan fingerprint density at radius 1 is 1.55 bits per heavy atom. The van der Waals surface area contributed by atoms with Gasteiger partial charge in [0.1, 0.15) is 0 Å². The standard InChI is InChI=1S/C2H3BF2O5.Li.H/c4-2(5,1(6)7)10-3(8)9;;/h8-9H,(H,6,7);;/q;+1;-1. The second-order valence-corrected chi connectivity index (χ2v) is 1.27. The summed E-state index contributed by atoms with van der Waals surface area (Å²) in [6.45, 7) is 0. The molecule has 0 aliphatic carbocycles. The number of halogens is 2. The summed E-state index contributed by atoms with van der Waals surface area (Å²) in [4.78, 5) is 9.46. The first kappa shape index (κ1) is 13.5. The summed E-state index contributed by atoms with van der Waals surface area (Å²) in [6, 6.07) is 0. The first-order chi connectivity index (χ1) is 4.36. The summed E-state index contributed by atoms with van der Waals surface area (Å²) in [5.74, 6) is -2.58. The van der Waals surface area contributed by atoms with Crippen LogP contribution in [0.5, 0.6) is 0 Å². The van der Waals surface area contributed by atoms with Gasteiger partial charge in [-0.1, -0.05) is 0 Å². The van der Waals surface area contributed by atoms with E-state index < -0.39 is 19.4 Å². The van der Waals surface area contributed by atoms with Crippen LogP contribution in [-0.2, 0) is 9.45 Å². The van der Waals surface area contributed by atoms with Crippen LogP contribution in [0.1, 0.15) is 1.43 Å². The average molecular weight is 164 g/mol. The summed E-state index contributed by atoms with van der Waals surface area (Å²) in [5, 5.41) is 23.0. The second-order valence-electron chi connectivity index (χ2n) is 1.27. The van der Waals surface area contributed by atoms with Crippen molar-refractivity contribution in [3.8, 4) is 0 Å². The molecule has 0 spiro atoms. The van der Waals surface area contributed by atoms with Crippen LogP contribution in [0.4, 0.5) is 8.78 Å². The fourth-order valence-corrected chi connectivity index (χ4v) is 0.183. The number of hydrogen-bond donors (Lipinski definition) is 3. The molecular formula is C2H4BF2LiO5. The smallest absolute Gasteiger partial charge is 1.00 e. The van der Waals surface area contributed by atoms with E-state index >= 15 is 0 Å². The minimum Gasteiger partial charge on any atom is -1.00 e. The third-order valence-electron chi connectivity index (χ3n) is 0.502. The zero-order valence-corrected chi connectivity index (χ0v) is 5.49. The molecule has 0 fully saturated rings. The Bertz CT molecular complexity index is 145. The van der Waals surface area contributed by atoms with Gasteiger partial charge in [0.15, 0.2) is 0 Å². The molecule has 11 heavy (non-hydrogen) atoms. The summed E-state index contributed by atoms with van der Waals surface area (Å²) in [7, 11) is -2.80. The van der Waals surface area contributed by atoms with Crippen LogP contribution in [0.2, 0.25) is 0 Å². The van der Waals surface area contributed by atoms with Gasteiger partial charge in [-0.25, -0.2) is 4.79 Å². The first-order valence-corrected chi connectivity index (χ1v) is 2.01. The maximum absolute atomic E-state index is 11.7. The van der Waals surface area contributed by atoms with Crippen molar-refractivity contribution in [2.45, 2.75) is 6.11 Å². The first-order valence-electron chi connectivity index (χ1n) is 2.01. The van der Waals surface area contributed by atoms with E-state index in [2.05, 4.69) is 4.65 Å². The molecule has 3 N–H and O–H groups in total. The van der Waals surface area contributed by atoms with Crippen molar-refractivity contribution in [2.24, 2.45) is 0 Å². The van der Waals surface area contributed by atoms with E-state index in [0.29, 0.717) is 0 Å². The Labute approximate surface area is 73.8 Å². The molecule has 9 heteroatoms. The molecule has 0 aromatic rings. The van der Waals surface area contributed by atoms with E-state index in [1.807, 2.05) is 0 Å². The molecule has 0 atom stereocenters. The van der Waals surface area contributed by atoms with Crippen LogP contribution in [0.15, 0.2) is 0 Å². The number of alkyl halides is 2. The third-order valence-corrected chi connectivity index (χ3v) is 0.502. The normalized spacial score (nSPS) is 10.2. The van der Waals surface area contributed by atoms with Crippen molar-refractivity contribution >= 4 is 13.3 Å². The molecule has 0 saturated carbocycles. The molecule has 60 valence electrons. The van der Waals surface area contributed by atoms with Gasteiger partial charge in [0.25, 0.3) is 0 Å². The topological polar surface area (TPSA) is 87.0 Å². The van der Waals surface area contributed by atoms with Crippen molar-refractivity contribution in [3.63, 3.8) is 0 Å². The minimum absolute atomic E-state index is 0. The molecule has 0 bridgehead atoms. The summed E-state index contributed by atoms with van der Waals surface area (Å²) < 4.78 is 26.2. The van der Waals surface area contributed by atoms with E-state index in [1.54, 1.807) is 0 Å². The SMILES string of the molecule is O=C(O)C(F)(F)OB(O)O.[H-].[Li+]. The predicted octanol–water partition coefficient (Wildman–Crippen LogP) is -4.23. The van der Waals surface area contributed by atoms with Gasteiger partial charge in [-0.05, 0) is 0 Å². The Kier molecular flexibility index (Phi) is 5.74. The van der Waals surface area contributed by atoms with Gasteiger partial charge < -0.3 is 21.2 Å². The molecule has 0 rings (SSSR count). The summed E-state index contributed by atoms with van der Waals surface area (Å²) in [6.07, 6.45) is -4.56. The number of hydrogen-bond acceptors (Lipinski definition) is 4. The Morgan fingerprint density at radius 2 is 1.91 bits per heavy atom. The summed E-state index contributed by atoms with van der Waals surface area (Å²) >= 11 is 0. The van der Waals surface area contributed by atoms with E-state index in [4.69, 9.17) is 15.2 Å². The monoisotopic (exact) mass is 164 g/mol. The minimum atomic E-state index is -4.56. The van der Waals surface area contributed by atoms with Gasteiger partial charge in [-0.3, -0.25) is 0 Å². The number of rotatable bonds is 3. The Morgan fingerprint density at radius 3 is 2.00 bits per heavy atom. The molecule has 0 heterocycles. The van der Waals surface area contributed by atoms with Crippen LogP contribution in [0.3, 0.4) is 0 Å². The number of carboxylic acids is 1. The van der Waals surface area contributed by atoms with Crippen LogP contribution in [-0.4, -0.2) is 34.6 Å². The van der Waals surface area contributed by atoms with Gasteiger partial charge in [0, 0.05) is 0 Å². The van der Waals surface area contributed by atoms with Crippen LogP contribution >= 0.6 is 0 Å². The molecule has 0 aliphatic heterocycles. The quantitative estimate of drug-likeness (QED) is 0.367. The van der Waals surface area contributed by atoms with Gasteiger partial charge >= 0.3 is 38.3 Å². The molecule has 0 aromatic heterocycles. The van der Waals surface area contributed by atoms with E-state index in [0.717, 1.165) is 0 Å². The molecule has 0 saturated heterocycles. The molecule has 0 unspecified atom stereocenters. The molecule has 0 amide bonds. The van der Waals surface area contributed by atoms with Gasteiger partial charge in [-0.15, -0.1) is 0 Å². The van der Waals surface area contributed by atoms with Crippen molar-refractivity contribution in [2.75, 3.05) is 0 Å². The van der Waals surface area contributed by atoms with E-state index in [9.17, 15) is 13.6 Å². The zero-order valence-electron chi connectivity index (χ0n) is 6.49. The average Bonchev–Trinajstić information content (AvgIpc) is 1.60. The number of carboxylic acid groups (broad SMARTS) is 1. The maximum atomic E-state index is 11.7. The maximum Gasteiger partial charge on any atom is 1.00 e. The third kappa shape index (κ3) is 5.18. The van der Waals surface area contributed by atoms with Crippen molar-refractivity contribution < 1.29 is 53.7 Å². The summed E-state index contributed by atoms with van der Waals surface area (Å²) in [5.41, 5.74) is 0. The van der Waals surface area contributed by atoms with Crippen LogP contribution in [0, 0.1) is 0 Å². The molecule has 0 radical (unpaired) electrons. The van der Waals surface area contributed by atoms with Crippen LogP contribution < -0.4 is 18.9 Å². The fraction of sp³-hybridized carbons (Fsp3) is 0.500. The fourth-order valence-electron chi connectivity index (χ4n) is 0.183. The number of carbonyl (C=O) groups is 1.